The van der Waals surface area contributed by atoms with Crippen molar-refractivity contribution in [1.82, 2.24) is 9.38 Å². The van der Waals surface area contributed by atoms with Gasteiger partial charge in [0.1, 0.15) is 11.2 Å². The van der Waals surface area contributed by atoms with Crippen molar-refractivity contribution in [3.63, 3.8) is 0 Å². The number of halogens is 4. The number of fused-ring (bicyclic) bond motifs is 1. The normalized spacial score (nSPS) is 12.0. The Kier molecular flexibility index (Phi) is 2.50. The fourth-order valence-corrected chi connectivity index (χ4v) is 1.59. The van der Waals surface area contributed by atoms with Crippen molar-refractivity contribution in [2.24, 2.45) is 0 Å². The van der Waals surface area contributed by atoms with Crippen molar-refractivity contribution in [2.75, 3.05) is 0 Å². The number of carboxylic acids is 1. The van der Waals surface area contributed by atoms with Crippen molar-refractivity contribution >= 4 is 23.2 Å². The van der Waals surface area contributed by atoms with E-state index in [1.807, 2.05) is 0 Å². The quantitative estimate of drug-likeness (QED) is 0.861. The van der Waals surface area contributed by atoms with Gasteiger partial charge in [-0.05, 0) is 6.07 Å². The van der Waals surface area contributed by atoms with E-state index < -0.39 is 29.1 Å². The average molecular weight is 265 g/mol. The molecular weight excluding hydrogens is 261 g/mol. The largest absolute Gasteiger partial charge is 0.476 e. The van der Waals surface area contributed by atoms with Crippen LogP contribution in [-0.4, -0.2) is 20.5 Å². The molecule has 17 heavy (non-hydrogen) atoms. The molecule has 0 atom stereocenters. The molecule has 8 heteroatoms. The molecule has 0 fully saturated rings. The summed E-state index contributed by atoms with van der Waals surface area (Å²) in [6.07, 6.45) is -2.52. The second-order valence-electron chi connectivity index (χ2n) is 3.23. The van der Waals surface area contributed by atoms with Gasteiger partial charge in [-0.3, -0.25) is 0 Å². The smallest absolute Gasteiger partial charge is 0.420 e. The van der Waals surface area contributed by atoms with Crippen LogP contribution < -0.4 is 0 Å². The van der Waals surface area contributed by atoms with Crippen LogP contribution in [-0.2, 0) is 6.18 Å². The number of hydrogen-bond acceptors (Lipinski definition) is 2. The highest BCUT2D eigenvalue weighted by atomic mass is 35.5. The maximum absolute atomic E-state index is 12.6. The molecule has 0 bridgehead atoms. The highest BCUT2D eigenvalue weighted by Gasteiger charge is 2.34. The monoisotopic (exact) mass is 264 g/mol. The molecule has 0 unspecified atom stereocenters. The average Bonchev–Trinajstić information content (AvgIpc) is 2.58. The molecule has 0 aliphatic carbocycles. The molecule has 4 nitrogen and oxygen atoms in total. The van der Waals surface area contributed by atoms with E-state index in [2.05, 4.69) is 4.98 Å². The van der Waals surface area contributed by atoms with Gasteiger partial charge >= 0.3 is 12.1 Å². The number of aromatic nitrogens is 2. The Hall–Kier alpha value is -1.76. The van der Waals surface area contributed by atoms with Crippen LogP contribution >= 0.6 is 11.6 Å². The van der Waals surface area contributed by atoms with E-state index in [9.17, 15) is 18.0 Å². The van der Waals surface area contributed by atoms with E-state index in [1.54, 1.807) is 0 Å². The Morgan fingerprint density at radius 2 is 2.06 bits per heavy atom. The van der Waals surface area contributed by atoms with Crippen molar-refractivity contribution in [2.45, 2.75) is 6.18 Å². The van der Waals surface area contributed by atoms with Gasteiger partial charge in [0.05, 0.1) is 5.02 Å². The molecule has 2 aromatic heterocycles. The van der Waals surface area contributed by atoms with Gasteiger partial charge in [-0.1, -0.05) is 11.6 Å². The lowest BCUT2D eigenvalue weighted by Gasteiger charge is -2.08. The summed E-state index contributed by atoms with van der Waals surface area (Å²) in [5.74, 6) is -1.40. The first-order valence-corrected chi connectivity index (χ1v) is 4.65. The number of carbonyl (C=O) groups is 1. The molecule has 2 heterocycles. The number of imidazole rings is 1. The predicted molar refractivity (Wildman–Crippen MR) is 52.2 cm³/mol. The predicted octanol–water partition coefficient (Wildman–Crippen LogP) is 2.70. The van der Waals surface area contributed by atoms with Crippen molar-refractivity contribution in [3.05, 3.63) is 34.7 Å². The fraction of sp³-hybridized carbons (Fsp3) is 0.111. The van der Waals surface area contributed by atoms with Crippen LogP contribution in [0.15, 0.2) is 18.5 Å². The Morgan fingerprint density at radius 3 is 2.59 bits per heavy atom. The van der Waals surface area contributed by atoms with Crippen LogP contribution in [0.2, 0.25) is 5.02 Å². The maximum Gasteiger partial charge on any atom is 0.420 e. The molecular formula is C9H4ClF3N2O2. The molecule has 90 valence electrons. The summed E-state index contributed by atoms with van der Waals surface area (Å²) in [6, 6.07) is 0.704. The minimum atomic E-state index is -4.65. The molecule has 0 aliphatic rings. The van der Waals surface area contributed by atoms with Gasteiger partial charge < -0.3 is 9.51 Å². The summed E-state index contributed by atoms with van der Waals surface area (Å²) >= 11 is 5.52. The molecule has 0 saturated heterocycles. The Bertz CT molecular complexity index is 606. The standard InChI is InChI=1S/C9H4ClF3N2O2/c10-4-1-5(9(11,12)13)7-14-6(8(16)17)3-15(7)2-4/h1-3H,(H,16,17). The van der Waals surface area contributed by atoms with Crippen LogP contribution in [0, 0.1) is 0 Å². The van der Waals surface area contributed by atoms with Crippen LogP contribution in [0.4, 0.5) is 13.2 Å². The van der Waals surface area contributed by atoms with Gasteiger partial charge in [0.25, 0.3) is 0 Å². The first-order valence-electron chi connectivity index (χ1n) is 4.28. The molecule has 0 saturated carbocycles. The zero-order valence-corrected chi connectivity index (χ0v) is 8.75. The molecule has 0 aliphatic heterocycles. The summed E-state index contributed by atoms with van der Waals surface area (Å²) in [5.41, 5.74) is -2.03. The van der Waals surface area contributed by atoms with Crippen LogP contribution in [0.25, 0.3) is 5.65 Å². The second kappa shape index (κ2) is 3.63. The molecule has 2 aromatic rings. The first-order chi connectivity index (χ1) is 7.79. The second-order valence-corrected chi connectivity index (χ2v) is 3.67. The summed E-state index contributed by atoms with van der Waals surface area (Å²) in [4.78, 5) is 14.0. The third-order valence-electron chi connectivity index (χ3n) is 2.04. The Morgan fingerprint density at radius 1 is 1.41 bits per heavy atom. The molecule has 1 N–H and O–H groups in total. The summed E-state index contributed by atoms with van der Waals surface area (Å²) in [6.45, 7) is 0. The SMILES string of the molecule is O=C(O)c1cn2cc(Cl)cc(C(F)(F)F)c2n1. The lowest BCUT2D eigenvalue weighted by Crippen LogP contribution is -2.07. The first kappa shape index (κ1) is 11.7. The highest BCUT2D eigenvalue weighted by molar-refractivity contribution is 6.30. The van der Waals surface area contributed by atoms with Gasteiger partial charge in [-0.15, -0.1) is 0 Å². The molecule has 0 aromatic carbocycles. The van der Waals surface area contributed by atoms with Crippen LogP contribution in [0.1, 0.15) is 16.1 Å². The van der Waals surface area contributed by atoms with E-state index in [4.69, 9.17) is 16.7 Å². The van der Waals surface area contributed by atoms with Crippen molar-refractivity contribution < 1.29 is 23.1 Å². The Labute approximate surface area is 97.3 Å². The maximum atomic E-state index is 12.6. The zero-order chi connectivity index (χ0) is 12.8. The summed E-state index contributed by atoms with van der Waals surface area (Å²) in [5, 5.41) is 8.51. The topological polar surface area (TPSA) is 54.6 Å². The van der Waals surface area contributed by atoms with Crippen molar-refractivity contribution in [1.29, 1.82) is 0 Å². The molecule has 0 amide bonds. The molecule has 0 radical (unpaired) electrons. The van der Waals surface area contributed by atoms with Gasteiger partial charge in [0.2, 0.25) is 0 Å². The van der Waals surface area contributed by atoms with Crippen LogP contribution in [0.5, 0.6) is 0 Å². The van der Waals surface area contributed by atoms with E-state index in [0.717, 1.165) is 16.8 Å². The summed E-state index contributed by atoms with van der Waals surface area (Å²) < 4.78 is 38.9. The lowest BCUT2D eigenvalue weighted by molar-refractivity contribution is -0.136. The van der Waals surface area contributed by atoms with Gasteiger partial charge in [-0.25, -0.2) is 9.78 Å². The number of alkyl halides is 3. The third kappa shape index (κ3) is 2.05. The van der Waals surface area contributed by atoms with Gasteiger partial charge in [-0.2, -0.15) is 13.2 Å². The van der Waals surface area contributed by atoms with E-state index in [0.29, 0.717) is 6.07 Å². The fourth-order valence-electron chi connectivity index (χ4n) is 1.38. The zero-order valence-electron chi connectivity index (χ0n) is 7.99. The van der Waals surface area contributed by atoms with E-state index in [-0.39, 0.29) is 5.02 Å². The number of rotatable bonds is 1. The van der Waals surface area contributed by atoms with Gasteiger partial charge in [0.15, 0.2) is 5.69 Å². The molecule has 2 rings (SSSR count). The van der Waals surface area contributed by atoms with Crippen molar-refractivity contribution in [3.8, 4) is 0 Å². The minimum Gasteiger partial charge on any atom is -0.476 e. The molecule has 0 spiro atoms. The Balaban J connectivity index is 2.79. The number of hydrogen-bond donors (Lipinski definition) is 1. The van der Waals surface area contributed by atoms with E-state index in [1.165, 1.54) is 0 Å². The van der Waals surface area contributed by atoms with Crippen LogP contribution in [0.3, 0.4) is 0 Å². The number of nitrogens with zero attached hydrogens (tertiary/aromatic N) is 2. The minimum absolute atomic E-state index is 0.154. The lowest BCUT2D eigenvalue weighted by atomic mass is 10.2. The third-order valence-corrected chi connectivity index (χ3v) is 2.25. The highest BCUT2D eigenvalue weighted by Crippen LogP contribution is 2.33. The van der Waals surface area contributed by atoms with Gasteiger partial charge in [0, 0.05) is 12.4 Å². The number of pyridine rings is 1. The summed E-state index contributed by atoms with van der Waals surface area (Å²) in [7, 11) is 0. The number of aromatic carboxylic acids is 1. The number of carboxylic acid groups (broad SMARTS) is 1. The van der Waals surface area contributed by atoms with E-state index >= 15 is 0 Å².